The van der Waals surface area contributed by atoms with Gasteiger partial charge in [-0.05, 0) is 50.2 Å². The van der Waals surface area contributed by atoms with E-state index in [1.165, 1.54) is 24.3 Å². The lowest BCUT2D eigenvalue weighted by molar-refractivity contribution is 0.0697. The van der Waals surface area contributed by atoms with Crippen molar-refractivity contribution in [3.05, 3.63) is 29.8 Å². The summed E-state index contributed by atoms with van der Waals surface area (Å²) in [6, 6.07) is 5.41. The van der Waals surface area contributed by atoms with E-state index in [1.807, 2.05) is 0 Å². The second kappa shape index (κ2) is 6.36. The predicted octanol–water partition coefficient (Wildman–Crippen LogP) is 1.33. The highest BCUT2D eigenvalue weighted by Gasteiger charge is 2.28. The summed E-state index contributed by atoms with van der Waals surface area (Å²) in [4.78, 5) is 10.9. The van der Waals surface area contributed by atoms with Crippen LogP contribution < -0.4 is 5.32 Å². The van der Waals surface area contributed by atoms with Gasteiger partial charge in [-0.3, -0.25) is 0 Å². The molecule has 0 unspecified atom stereocenters. The van der Waals surface area contributed by atoms with E-state index >= 15 is 0 Å². The molecule has 1 saturated heterocycles. The van der Waals surface area contributed by atoms with Crippen molar-refractivity contribution in [2.75, 3.05) is 13.1 Å². The second-order valence-corrected chi connectivity index (χ2v) is 6.55. The van der Waals surface area contributed by atoms with Crippen molar-refractivity contribution in [2.24, 2.45) is 0 Å². The molecule has 1 aliphatic rings. The van der Waals surface area contributed by atoms with Gasteiger partial charge in [-0.15, -0.1) is 12.4 Å². The molecule has 19 heavy (non-hydrogen) atoms. The molecule has 2 N–H and O–H groups in total. The Morgan fingerprint density at radius 1 is 1.16 bits per heavy atom. The van der Waals surface area contributed by atoms with Crippen molar-refractivity contribution in [3.8, 4) is 0 Å². The van der Waals surface area contributed by atoms with Crippen LogP contribution in [0.25, 0.3) is 0 Å². The van der Waals surface area contributed by atoms with E-state index in [-0.39, 0.29) is 28.1 Å². The first-order valence-corrected chi connectivity index (χ1v) is 7.34. The molecule has 1 aromatic rings. The maximum Gasteiger partial charge on any atom is 0.335 e. The van der Waals surface area contributed by atoms with Crippen molar-refractivity contribution in [1.82, 2.24) is 5.32 Å². The van der Waals surface area contributed by atoms with Crippen molar-refractivity contribution in [2.45, 2.75) is 23.0 Å². The molecule has 0 amide bonds. The van der Waals surface area contributed by atoms with Gasteiger partial charge in [0.15, 0.2) is 9.84 Å². The van der Waals surface area contributed by atoms with Gasteiger partial charge in [0, 0.05) is 0 Å². The van der Waals surface area contributed by atoms with E-state index in [0.717, 1.165) is 0 Å². The van der Waals surface area contributed by atoms with Crippen LogP contribution in [0, 0.1) is 0 Å². The van der Waals surface area contributed by atoms with Crippen LogP contribution in [0.4, 0.5) is 0 Å². The van der Waals surface area contributed by atoms with Crippen molar-refractivity contribution in [1.29, 1.82) is 0 Å². The number of hydrogen-bond acceptors (Lipinski definition) is 4. The number of rotatable bonds is 3. The van der Waals surface area contributed by atoms with Crippen LogP contribution in [0.1, 0.15) is 23.2 Å². The Morgan fingerprint density at radius 2 is 1.68 bits per heavy atom. The molecular formula is C12H16ClNO4S. The Labute approximate surface area is 118 Å². The van der Waals surface area contributed by atoms with E-state index in [1.54, 1.807) is 0 Å². The van der Waals surface area contributed by atoms with Gasteiger partial charge in [-0.1, -0.05) is 0 Å². The molecule has 0 atom stereocenters. The first kappa shape index (κ1) is 15.9. The third-order valence-corrected chi connectivity index (χ3v) is 5.43. The van der Waals surface area contributed by atoms with Gasteiger partial charge in [0.2, 0.25) is 0 Å². The van der Waals surface area contributed by atoms with Crippen LogP contribution in [-0.2, 0) is 9.84 Å². The summed E-state index contributed by atoms with van der Waals surface area (Å²) in [6.45, 7) is 1.41. The lowest BCUT2D eigenvalue weighted by Gasteiger charge is -2.22. The molecule has 0 spiro atoms. The molecule has 0 aromatic heterocycles. The van der Waals surface area contributed by atoms with Crippen molar-refractivity contribution in [3.63, 3.8) is 0 Å². The van der Waals surface area contributed by atoms with Crippen LogP contribution in [-0.4, -0.2) is 37.8 Å². The summed E-state index contributed by atoms with van der Waals surface area (Å²) in [7, 11) is -3.34. The van der Waals surface area contributed by atoms with Crippen molar-refractivity contribution >= 4 is 28.2 Å². The molecule has 106 valence electrons. The number of nitrogens with one attached hydrogen (secondary N) is 1. The third-order valence-electron chi connectivity index (χ3n) is 3.15. The minimum absolute atomic E-state index is 0. The predicted molar refractivity (Wildman–Crippen MR) is 73.7 cm³/mol. The Balaban J connectivity index is 0.00000180. The van der Waals surface area contributed by atoms with E-state index < -0.39 is 15.8 Å². The van der Waals surface area contributed by atoms with E-state index in [4.69, 9.17) is 5.11 Å². The first-order chi connectivity index (χ1) is 8.51. The SMILES string of the molecule is Cl.O=C(O)c1ccc(S(=O)(=O)C2CCNCC2)cc1. The fourth-order valence-corrected chi connectivity index (χ4v) is 3.84. The summed E-state index contributed by atoms with van der Waals surface area (Å²) < 4.78 is 24.6. The minimum Gasteiger partial charge on any atom is -0.478 e. The Bertz CT molecular complexity index is 535. The summed E-state index contributed by atoms with van der Waals surface area (Å²) in [5.74, 6) is -1.05. The number of carboxylic acid groups (broad SMARTS) is 1. The Morgan fingerprint density at radius 3 is 2.16 bits per heavy atom. The maximum absolute atomic E-state index is 12.3. The van der Waals surface area contributed by atoms with Crippen LogP contribution in [0.5, 0.6) is 0 Å². The summed E-state index contributed by atoms with van der Waals surface area (Å²) in [5.41, 5.74) is 0.0965. The molecule has 2 rings (SSSR count). The Hall–Kier alpha value is -1.11. The standard InChI is InChI=1S/C12H15NO4S.ClH/c14-12(15)9-1-3-10(4-2-9)18(16,17)11-5-7-13-8-6-11;/h1-4,11,13H,5-8H2,(H,14,15);1H. The van der Waals surface area contributed by atoms with E-state index in [2.05, 4.69) is 5.32 Å². The number of carbonyl (C=O) groups is 1. The zero-order chi connectivity index (χ0) is 13.2. The second-order valence-electron chi connectivity index (χ2n) is 4.32. The number of sulfone groups is 1. The smallest absolute Gasteiger partial charge is 0.335 e. The molecule has 7 heteroatoms. The van der Waals surface area contributed by atoms with E-state index in [9.17, 15) is 13.2 Å². The zero-order valence-corrected chi connectivity index (χ0v) is 11.8. The lowest BCUT2D eigenvalue weighted by Crippen LogP contribution is -2.35. The highest BCUT2D eigenvalue weighted by molar-refractivity contribution is 7.92. The van der Waals surface area contributed by atoms with Gasteiger partial charge in [-0.2, -0.15) is 0 Å². The quantitative estimate of drug-likeness (QED) is 0.880. The molecular weight excluding hydrogens is 290 g/mol. The molecule has 0 bridgehead atoms. The van der Waals surface area contributed by atoms with Crippen LogP contribution >= 0.6 is 12.4 Å². The molecule has 5 nitrogen and oxygen atoms in total. The number of benzene rings is 1. The first-order valence-electron chi connectivity index (χ1n) is 5.80. The van der Waals surface area contributed by atoms with Gasteiger partial charge < -0.3 is 10.4 Å². The number of piperidine rings is 1. The maximum atomic E-state index is 12.3. The van der Waals surface area contributed by atoms with Gasteiger partial charge >= 0.3 is 5.97 Å². The van der Waals surface area contributed by atoms with E-state index in [0.29, 0.717) is 25.9 Å². The fraction of sp³-hybridized carbons (Fsp3) is 0.417. The Kier molecular flexibility index (Phi) is 5.34. The average Bonchev–Trinajstić information content (AvgIpc) is 2.40. The molecule has 0 saturated carbocycles. The summed E-state index contributed by atoms with van der Waals surface area (Å²) in [5, 5.41) is 11.5. The third kappa shape index (κ3) is 3.46. The average molecular weight is 306 g/mol. The number of hydrogen-bond donors (Lipinski definition) is 2. The highest BCUT2D eigenvalue weighted by Crippen LogP contribution is 2.22. The lowest BCUT2D eigenvalue weighted by atomic mass is 10.2. The number of aromatic carboxylic acids is 1. The number of carboxylic acids is 1. The molecule has 0 aliphatic carbocycles. The van der Waals surface area contributed by atoms with Crippen LogP contribution in [0.3, 0.4) is 0 Å². The van der Waals surface area contributed by atoms with Gasteiger partial charge in [0.25, 0.3) is 0 Å². The fourth-order valence-electron chi connectivity index (χ4n) is 2.09. The van der Waals surface area contributed by atoms with Crippen LogP contribution in [0.15, 0.2) is 29.2 Å². The van der Waals surface area contributed by atoms with Crippen LogP contribution in [0.2, 0.25) is 0 Å². The van der Waals surface area contributed by atoms with Gasteiger partial charge in [0.05, 0.1) is 15.7 Å². The van der Waals surface area contributed by atoms with Gasteiger partial charge in [0.1, 0.15) is 0 Å². The molecule has 0 radical (unpaired) electrons. The monoisotopic (exact) mass is 305 g/mol. The molecule has 1 fully saturated rings. The molecule has 1 aliphatic heterocycles. The minimum atomic E-state index is -3.34. The van der Waals surface area contributed by atoms with Gasteiger partial charge in [-0.25, -0.2) is 13.2 Å². The van der Waals surface area contributed by atoms with Crippen molar-refractivity contribution < 1.29 is 18.3 Å². The highest BCUT2D eigenvalue weighted by atomic mass is 35.5. The summed E-state index contributed by atoms with van der Waals surface area (Å²) >= 11 is 0. The zero-order valence-electron chi connectivity index (χ0n) is 10.2. The largest absolute Gasteiger partial charge is 0.478 e. The summed E-state index contributed by atoms with van der Waals surface area (Å²) in [6.07, 6.45) is 1.20. The normalized spacial score (nSPS) is 16.6. The topological polar surface area (TPSA) is 83.5 Å². The molecule has 1 heterocycles. The molecule has 1 aromatic carbocycles. The number of halogens is 1.